The lowest BCUT2D eigenvalue weighted by atomic mass is 9.85. The number of cyclic esters (lactones) is 1. The van der Waals surface area contributed by atoms with Crippen LogP contribution in [0.5, 0.6) is 11.5 Å². The van der Waals surface area contributed by atoms with Gasteiger partial charge in [0.05, 0.1) is 13.5 Å². The molecule has 0 amide bonds. The lowest BCUT2D eigenvalue weighted by molar-refractivity contribution is -0.173. The number of esters is 2. The molecule has 114 valence electrons. The van der Waals surface area contributed by atoms with E-state index in [0.717, 1.165) is 13.2 Å². The molecule has 0 fully saturated rings. The first-order chi connectivity index (χ1) is 10.5. The predicted molar refractivity (Wildman–Crippen MR) is 71.4 cm³/mol. The zero-order chi connectivity index (χ0) is 15.9. The maximum absolute atomic E-state index is 12.4. The number of ketones is 1. The van der Waals surface area contributed by atoms with Crippen LogP contribution in [0.2, 0.25) is 0 Å². The first-order valence-electron chi connectivity index (χ1n) is 6.49. The van der Waals surface area contributed by atoms with Gasteiger partial charge >= 0.3 is 11.9 Å². The summed E-state index contributed by atoms with van der Waals surface area (Å²) in [5.41, 5.74) is -1.80. The molecule has 3 rings (SSSR count). The molecule has 0 saturated heterocycles. The van der Waals surface area contributed by atoms with Gasteiger partial charge in [0.25, 0.3) is 5.60 Å². The third-order valence-corrected chi connectivity index (χ3v) is 3.64. The summed E-state index contributed by atoms with van der Waals surface area (Å²) in [5, 5.41) is 9.78. The van der Waals surface area contributed by atoms with E-state index in [9.17, 15) is 19.5 Å². The highest BCUT2D eigenvalue weighted by Gasteiger charge is 2.56. The molecule has 7 nitrogen and oxygen atoms in total. The molecule has 0 saturated carbocycles. The molecule has 1 N–H and O–H groups in total. The molecule has 0 unspecified atom stereocenters. The van der Waals surface area contributed by atoms with Gasteiger partial charge in [-0.3, -0.25) is 4.79 Å². The smallest absolute Gasteiger partial charge is 0.355 e. The number of aromatic hydroxyl groups is 1. The largest absolute Gasteiger partial charge is 0.507 e. The van der Waals surface area contributed by atoms with E-state index in [1.165, 1.54) is 24.3 Å². The molecule has 7 heteroatoms. The van der Waals surface area contributed by atoms with E-state index in [1.54, 1.807) is 0 Å². The van der Waals surface area contributed by atoms with Crippen molar-refractivity contribution < 1.29 is 33.7 Å². The third kappa shape index (κ3) is 1.93. The van der Waals surface area contributed by atoms with Crippen LogP contribution in [0.15, 0.2) is 30.4 Å². The second-order valence-corrected chi connectivity index (χ2v) is 4.95. The molecule has 1 aromatic rings. The molecule has 2 atom stereocenters. The van der Waals surface area contributed by atoms with Crippen LogP contribution in [0.25, 0.3) is 0 Å². The van der Waals surface area contributed by atoms with Gasteiger partial charge in [0, 0.05) is 6.08 Å². The number of ether oxygens (including phenoxy) is 3. The van der Waals surface area contributed by atoms with E-state index in [0.29, 0.717) is 0 Å². The normalized spacial score (nSPS) is 26.1. The molecule has 0 bridgehead atoms. The van der Waals surface area contributed by atoms with Crippen molar-refractivity contribution in [3.05, 3.63) is 35.9 Å². The average molecular weight is 304 g/mol. The number of phenols is 1. The van der Waals surface area contributed by atoms with E-state index in [2.05, 4.69) is 0 Å². The summed E-state index contributed by atoms with van der Waals surface area (Å²) in [6.07, 6.45) is 1.01. The van der Waals surface area contributed by atoms with Crippen LogP contribution < -0.4 is 4.74 Å². The fourth-order valence-corrected chi connectivity index (χ4v) is 2.63. The summed E-state index contributed by atoms with van der Waals surface area (Å²) < 4.78 is 15.4. The Hall–Kier alpha value is -2.83. The molecule has 0 spiro atoms. The summed E-state index contributed by atoms with van der Waals surface area (Å²) in [6, 6.07) is 4.27. The van der Waals surface area contributed by atoms with Gasteiger partial charge in [0.2, 0.25) is 0 Å². The van der Waals surface area contributed by atoms with Gasteiger partial charge in [0.1, 0.15) is 17.1 Å². The number of benzene rings is 1. The van der Waals surface area contributed by atoms with Crippen LogP contribution in [0, 0.1) is 0 Å². The Morgan fingerprint density at radius 2 is 2.18 bits per heavy atom. The number of carbonyl (C=O) groups excluding carboxylic acids is 3. The molecule has 0 radical (unpaired) electrons. The number of carbonyl (C=O) groups is 3. The molecule has 1 aromatic carbocycles. The van der Waals surface area contributed by atoms with Crippen molar-refractivity contribution in [2.75, 3.05) is 7.11 Å². The highest BCUT2D eigenvalue weighted by molar-refractivity contribution is 6.06. The highest BCUT2D eigenvalue weighted by Crippen LogP contribution is 2.41. The zero-order valence-electron chi connectivity index (χ0n) is 11.6. The highest BCUT2D eigenvalue weighted by atomic mass is 16.6. The number of phenolic OH excluding ortho intramolecular Hbond substituents is 1. The molecular formula is C15H12O7. The van der Waals surface area contributed by atoms with Crippen molar-refractivity contribution in [1.82, 2.24) is 0 Å². The van der Waals surface area contributed by atoms with Gasteiger partial charge in [0.15, 0.2) is 11.9 Å². The van der Waals surface area contributed by atoms with Crippen molar-refractivity contribution in [1.29, 1.82) is 0 Å². The first-order valence-corrected chi connectivity index (χ1v) is 6.49. The van der Waals surface area contributed by atoms with Crippen LogP contribution in [-0.2, 0) is 19.1 Å². The van der Waals surface area contributed by atoms with Crippen LogP contribution in [0.1, 0.15) is 16.8 Å². The summed E-state index contributed by atoms with van der Waals surface area (Å²) >= 11 is 0. The summed E-state index contributed by atoms with van der Waals surface area (Å²) in [6.45, 7) is 0. The van der Waals surface area contributed by atoms with Crippen molar-refractivity contribution in [3.63, 3.8) is 0 Å². The van der Waals surface area contributed by atoms with Gasteiger partial charge in [-0.05, 0) is 18.2 Å². The topological polar surface area (TPSA) is 99.1 Å². The van der Waals surface area contributed by atoms with E-state index >= 15 is 0 Å². The van der Waals surface area contributed by atoms with Gasteiger partial charge in [-0.1, -0.05) is 6.07 Å². The van der Waals surface area contributed by atoms with E-state index in [-0.39, 0.29) is 17.1 Å². The van der Waals surface area contributed by atoms with Gasteiger partial charge < -0.3 is 19.3 Å². The second-order valence-electron chi connectivity index (χ2n) is 4.95. The lowest BCUT2D eigenvalue weighted by Gasteiger charge is -2.37. The van der Waals surface area contributed by atoms with Crippen molar-refractivity contribution in [2.24, 2.45) is 0 Å². The van der Waals surface area contributed by atoms with E-state index in [4.69, 9.17) is 14.2 Å². The van der Waals surface area contributed by atoms with Crippen molar-refractivity contribution >= 4 is 17.7 Å². The number of hydrogen-bond donors (Lipinski definition) is 1. The molecule has 2 aliphatic rings. The van der Waals surface area contributed by atoms with Crippen LogP contribution in [0.4, 0.5) is 0 Å². The Morgan fingerprint density at radius 1 is 1.41 bits per heavy atom. The number of Topliss-reactive ketones (excluding diaryl/α,β-unsaturated/α-hetero) is 1. The molecule has 22 heavy (non-hydrogen) atoms. The monoisotopic (exact) mass is 304 g/mol. The first kappa shape index (κ1) is 14.1. The van der Waals surface area contributed by atoms with Crippen LogP contribution in [0.3, 0.4) is 0 Å². The van der Waals surface area contributed by atoms with Crippen molar-refractivity contribution in [3.8, 4) is 11.5 Å². The maximum Gasteiger partial charge on any atom is 0.355 e. The Morgan fingerprint density at radius 3 is 2.82 bits per heavy atom. The van der Waals surface area contributed by atoms with Gasteiger partial charge in [-0.2, -0.15) is 0 Å². The minimum absolute atomic E-state index is 0.00432. The molecule has 2 heterocycles. The summed E-state index contributed by atoms with van der Waals surface area (Å²) in [7, 11) is 1.15. The van der Waals surface area contributed by atoms with Crippen LogP contribution >= 0.6 is 0 Å². The van der Waals surface area contributed by atoms with Crippen LogP contribution in [-0.4, -0.2) is 41.6 Å². The Kier molecular flexibility index (Phi) is 3.13. The van der Waals surface area contributed by atoms with Crippen molar-refractivity contribution in [2.45, 2.75) is 18.1 Å². The van der Waals surface area contributed by atoms with E-state index in [1.807, 2.05) is 0 Å². The fourth-order valence-electron chi connectivity index (χ4n) is 2.63. The van der Waals surface area contributed by atoms with Gasteiger partial charge in [-0.25, -0.2) is 9.59 Å². The Balaban J connectivity index is 2.10. The molecule has 0 aliphatic carbocycles. The van der Waals surface area contributed by atoms with E-state index < -0.39 is 35.8 Å². The summed E-state index contributed by atoms with van der Waals surface area (Å²) in [4.78, 5) is 35.9. The SMILES string of the molecule is COC(=O)[C@@]1([C@@H]2C=CC(=O)O2)CC(=O)c2c(O)cccc2O1. The number of fused-ring (bicyclic) bond motifs is 1. The molecule has 2 aliphatic heterocycles. The summed E-state index contributed by atoms with van der Waals surface area (Å²) in [5.74, 6) is -2.16. The standard InChI is InChI=1S/C15H12O7/c1-20-14(19)15(11-5-6-12(18)21-11)7-9(17)13-8(16)3-2-4-10(13)22-15/h2-6,11,16H,7H2,1H3/t11-,15-/m0/s1. The number of methoxy groups -OCH3 is 1. The minimum Gasteiger partial charge on any atom is -0.507 e. The number of rotatable bonds is 2. The van der Waals surface area contributed by atoms with Gasteiger partial charge in [-0.15, -0.1) is 0 Å². The molecular weight excluding hydrogens is 292 g/mol. The fraction of sp³-hybridized carbons (Fsp3) is 0.267. The Bertz CT molecular complexity index is 706. The zero-order valence-corrected chi connectivity index (χ0v) is 11.6. The maximum atomic E-state index is 12.4. The third-order valence-electron chi connectivity index (χ3n) is 3.64. The second kappa shape index (κ2) is 4.87. The minimum atomic E-state index is -1.80. The average Bonchev–Trinajstić information content (AvgIpc) is 2.93. The lowest BCUT2D eigenvalue weighted by Crippen LogP contribution is -2.57. The molecule has 0 aromatic heterocycles. The quantitative estimate of drug-likeness (QED) is 0.805. The Labute approximate surface area is 125 Å². The number of hydrogen-bond acceptors (Lipinski definition) is 7. The predicted octanol–water partition coefficient (Wildman–Crippen LogP) is 0.751.